The molecule has 0 atom stereocenters. The minimum Gasteiger partial charge on any atom is -0.370 e. The number of thiophene rings is 1. The number of guanidine groups is 1. The first-order chi connectivity index (χ1) is 11.5. The molecule has 25 heavy (non-hydrogen) atoms. The molecule has 0 aliphatic carbocycles. The van der Waals surface area contributed by atoms with Crippen molar-refractivity contribution in [3.63, 3.8) is 0 Å². The fourth-order valence-electron chi connectivity index (χ4n) is 2.05. The van der Waals surface area contributed by atoms with Crippen LogP contribution >= 0.6 is 35.3 Å². The number of halogens is 1. The van der Waals surface area contributed by atoms with E-state index < -0.39 is 10.0 Å². The molecule has 138 valence electrons. The molecule has 0 amide bonds. The Morgan fingerprint density at radius 3 is 2.56 bits per heavy atom. The molecular formula is C16H23IN4O2S2. The Morgan fingerprint density at radius 2 is 1.96 bits per heavy atom. The van der Waals surface area contributed by atoms with Crippen LogP contribution in [0.4, 0.5) is 0 Å². The fourth-order valence-corrected chi connectivity index (χ4v) is 3.80. The molecule has 0 saturated carbocycles. The van der Waals surface area contributed by atoms with Gasteiger partial charge in [0.05, 0.1) is 11.4 Å². The summed E-state index contributed by atoms with van der Waals surface area (Å²) < 4.78 is 26.2. The highest BCUT2D eigenvalue weighted by Gasteiger charge is 2.11. The molecule has 2 rings (SSSR count). The molecule has 0 bridgehead atoms. The van der Waals surface area contributed by atoms with E-state index in [0.717, 1.165) is 18.5 Å². The molecule has 9 heteroatoms. The van der Waals surface area contributed by atoms with Crippen molar-refractivity contribution in [2.75, 3.05) is 13.1 Å². The second-order valence-electron chi connectivity index (χ2n) is 5.10. The van der Waals surface area contributed by atoms with E-state index in [9.17, 15) is 8.42 Å². The lowest BCUT2D eigenvalue weighted by molar-refractivity contribution is 0.584. The maximum atomic E-state index is 11.9. The quantitative estimate of drug-likeness (QED) is 0.298. The fraction of sp³-hybridized carbons (Fsp3) is 0.312. The third-order valence-electron chi connectivity index (χ3n) is 3.26. The van der Waals surface area contributed by atoms with E-state index in [2.05, 4.69) is 21.1 Å². The van der Waals surface area contributed by atoms with E-state index in [1.165, 1.54) is 4.88 Å². The summed E-state index contributed by atoms with van der Waals surface area (Å²) in [4.78, 5) is 5.81. The molecule has 2 aromatic rings. The van der Waals surface area contributed by atoms with Crippen LogP contribution in [0.2, 0.25) is 0 Å². The van der Waals surface area contributed by atoms with Crippen LogP contribution in [0.15, 0.2) is 51.7 Å². The van der Waals surface area contributed by atoms with Gasteiger partial charge in [0.25, 0.3) is 0 Å². The SMILES string of the molecule is CCNS(=O)(=O)c1ccc(CN=C(N)NCCc2cccs2)cc1.I. The van der Waals surface area contributed by atoms with Crippen molar-refractivity contribution in [1.29, 1.82) is 0 Å². The van der Waals surface area contributed by atoms with Crippen LogP contribution < -0.4 is 15.8 Å². The first kappa shape index (κ1) is 21.9. The Hall–Kier alpha value is -1.17. The van der Waals surface area contributed by atoms with E-state index >= 15 is 0 Å². The third kappa shape index (κ3) is 7.30. The van der Waals surface area contributed by atoms with Crippen molar-refractivity contribution in [3.05, 3.63) is 52.2 Å². The Labute approximate surface area is 170 Å². The number of aliphatic imine (C=N–C) groups is 1. The highest BCUT2D eigenvalue weighted by molar-refractivity contribution is 14.0. The van der Waals surface area contributed by atoms with E-state index in [4.69, 9.17) is 5.73 Å². The molecule has 0 aliphatic rings. The van der Waals surface area contributed by atoms with Crippen LogP contribution in [0.5, 0.6) is 0 Å². The topological polar surface area (TPSA) is 96.6 Å². The summed E-state index contributed by atoms with van der Waals surface area (Å²) in [5.41, 5.74) is 6.73. The van der Waals surface area contributed by atoms with Gasteiger partial charge in [0.15, 0.2) is 5.96 Å². The van der Waals surface area contributed by atoms with E-state index in [1.54, 1.807) is 42.5 Å². The Balaban J connectivity index is 0.00000312. The van der Waals surface area contributed by atoms with Crippen molar-refractivity contribution in [3.8, 4) is 0 Å². The van der Waals surface area contributed by atoms with E-state index in [0.29, 0.717) is 19.0 Å². The minimum absolute atomic E-state index is 0. The summed E-state index contributed by atoms with van der Waals surface area (Å²) >= 11 is 1.72. The lowest BCUT2D eigenvalue weighted by Crippen LogP contribution is -2.33. The first-order valence-corrected chi connectivity index (χ1v) is 10.0. The summed E-state index contributed by atoms with van der Waals surface area (Å²) in [7, 11) is -3.41. The normalized spacial score (nSPS) is 11.8. The summed E-state index contributed by atoms with van der Waals surface area (Å²) in [6.45, 7) is 3.24. The number of rotatable bonds is 8. The van der Waals surface area contributed by atoms with Gasteiger partial charge in [-0.2, -0.15) is 0 Å². The molecule has 4 N–H and O–H groups in total. The summed E-state index contributed by atoms with van der Waals surface area (Å²) in [5, 5.41) is 5.12. The zero-order valence-electron chi connectivity index (χ0n) is 13.9. The maximum Gasteiger partial charge on any atom is 0.240 e. The van der Waals surface area contributed by atoms with Gasteiger partial charge in [0.2, 0.25) is 10.0 Å². The molecule has 1 aromatic heterocycles. The molecule has 0 unspecified atom stereocenters. The lowest BCUT2D eigenvalue weighted by atomic mass is 10.2. The van der Waals surface area contributed by atoms with Gasteiger partial charge in [0, 0.05) is 18.0 Å². The van der Waals surface area contributed by atoms with Crippen molar-refractivity contribution in [1.82, 2.24) is 10.0 Å². The summed E-state index contributed by atoms with van der Waals surface area (Å²) in [6.07, 6.45) is 0.908. The van der Waals surface area contributed by atoms with Gasteiger partial charge < -0.3 is 11.1 Å². The highest BCUT2D eigenvalue weighted by Crippen LogP contribution is 2.11. The maximum absolute atomic E-state index is 11.9. The van der Waals surface area contributed by atoms with Crippen molar-refractivity contribution >= 4 is 51.3 Å². The first-order valence-electron chi connectivity index (χ1n) is 7.66. The van der Waals surface area contributed by atoms with Crippen LogP contribution in [0.3, 0.4) is 0 Å². The van der Waals surface area contributed by atoms with Gasteiger partial charge in [-0.1, -0.05) is 25.1 Å². The number of nitrogens with two attached hydrogens (primary N) is 1. The second-order valence-corrected chi connectivity index (χ2v) is 7.90. The smallest absolute Gasteiger partial charge is 0.240 e. The Bertz CT molecular complexity index is 760. The zero-order chi connectivity index (χ0) is 17.4. The van der Waals surface area contributed by atoms with Gasteiger partial charge in [0.1, 0.15) is 0 Å². The van der Waals surface area contributed by atoms with Gasteiger partial charge in [-0.3, -0.25) is 0 Å². The molecule has 0 saturated heterocycles. The predicted octanol–water partition coefficient (Wildman–Crippen LogP) is 2.31. The number of sulfonamides is 1. The number of hydrogen-bond acceptors (Lipinski definition) is 4. The summed E-state index contributed by atoms with van der Waals surface area (Å²) in [6, 6.07) is 10.7. The van der Waals surface area contributed by atoms with Crippen molar-refractivity contribution in [2.24, 2.45) is 10.7 Å². The van der Waals surface area contributed by atoms with Crippen LogP contribution in [-0.2, 0) is 23.0 Å². The van der Waals surface area contributed by atoms with Crippen molar-refractivity contribution < 1.29 is 8.42 Å². The van der Waals surface area contributed by atoms with Gasteiger partial charge >= 0.3 is 0 Å². The van der Waals surface area contributed by atoms with Crippen LogP contribution in [0.1, 0.15) is 17.4 Å². The molecule has 0 fully saturated rings. The van der Waals surface area contributed by atoms with Crippen LogP contribution in [0, 0.1) is 0 Å². The molecule has 0 aliphatic heterocycles. The zero-order valence-corrected chi connectivity index (χ0v) is 17.9. The number of benzene rings is 1. The van der Waals surface area contributed by atoms with Crippen LogP contribution in [0.25, 0.3) is 0 Å². The largest absolute Gasteiger partial charge is 0.370 e. The van der Waals surface area contributed by atoms with Crippen molar-refractivity contribution in [2.45, 2.75) is 24.8 Å². The summed E-state index contributed by atoms with van der Waals surface area (Å²) in [5.74, 6) is 0.385. The average Bonchev–Trinajstić information content (AvgIpc) is 3.07. The predicted molar refractivity (Wildman–Crippen MR) is 114 cm³/mol. The van der Waals surface area contributed by atoms with Gasteiger partial charge in [-0.05, 0) is 35.6 Å². The molecule has 0 spiro atoms. The molecule has 1 aromatic carbocycles. The standard InChI is InChI=1S/C16H22N4O2S2.HI/c1-2-20-24(21,22)15-7-5-13(6-8-15)12-19-16(17)18-10-9-14-4-3-11-23-14;/h3-8,11,20H,2,9-10,12H2,1H3,(H3,17,18,19);1H. The Morgan fingerprint density at radius 1 is 1.24 bits per heavy atom. The molecule has 6 nitrogen and oxygen atoms in total. The van der Waals surface area contributed by atoms with E-state index in [-0.39, 0.29) is 28.9 Å². The van der Waals surface area contributed by atoms with Gasteiger partial charge in [-0.25, -0.2) is 18.1 Å². The number of hydrogen-bond donors (Lipinski definition) is 3. The average molecular weight is 494 g/mol. The van der Waals surface area contributed by atoms with Gasteiger partial charge in [-0.15, -0.1) is 35.3 Å². The highest BCUT2D eigenvalue weighted by atomic mass is 127. The number of nitrogens with zero attached hydrogens (tertiary/aromatic N) is 1. The molecule has 0 radical (unpaired) electrons. The second kappa shape index (κ2) is 10.7. The Kier molecular flexibility index (Phi) is 9.39. The minimum atomic E-state index is -3.41. The lowest BCUT2D eigenvalue weighted by Gasteiger charge is -2.06. The number of nitrogens with one attached hydrogen (secondary N) is 2. The van der Waals surface area contributed by atoms with E-state index in [1.807, 2.05) is 11.4 Å². The third-order valence-corrected chi connectivity index (χ3v) is 5.76. The molecular weight excluding hydrogens is 471 g/mol. The van der Waals surface area contributed by atoms with Crippen LogP contribution in [-0.4, -0.2) is 27.5 Å². The molecule has 1 heterocycles. The monoisotopic (exact) mass is 494 g/mol.